The van der Waals surface area contributed by atoms with Crippen LogP contribution in [0.2, 0.25) is 0 Å². The molecule has 12 nitrogen and oxygen atoms in total. The summed E-state index contributed by atoms with van der Waals surface area (Å²) in [5, 5.41) is 23.7. The molecule has 0 aliphatic heterocycles. The molecule has 13 heteroatoms. The van der Waals surface area contributed by atoms with Crippen molar-refractivity contribution in [2.24, 2.45) is 0 Å². The van der Waals surface area contributed by atoms with Crippen molar-refractivity contribution in [2.45, 2.75) is 44.1 Å². The quantitative estimate of drug-likeness (QED) is 0.163. The Morgan fingerprint density at radius 2 is 1.91 bits per heavy atom. The van der Waals surface area contributed by atoms with Crippen molar-refractivity contribution in [3.63, 3.8) is 0 Å². The molecule has 0 spiro atoms. The van der Waals surface area contributed by atoms with E-state index in [2.05, 4.69) is 46.5 Å². The number of nitro benzene ring substituents is 1. The van der Waals surface area contributed by atoms with Crippen LogP contribution in [-0.2, 0) is 6.54 Å². The number of carbonyl (C=O) groups is 1. The fourth-order valence-corrected chi connectivity index (χ4v) is 4.02. The minimum absolute atomic E-state index is 0.123. The predicted molar refractivity (Wildman–Crippen MR) is 134 cm³/mol. The van der Waals surface area contributed by atoms with Crippen molar-refractivity contribution in [3.8, 4) is 11.5 Å². The maximum Gasteiger partial charge on any atom is 0.286 e. The highest BCUT2D eigenvalue weighted by molar-refractivity contribution is 7.99. The lowest BCUT2D eigenvalue weighted by atomic mass is 10.1. The Balaban J connectivity index is 1.81. The predicted octanol–water partition coefficient (Wildman–Crippen LogP) is 3.50. The number of benzene rings is 1. The van der Waals surface area contributed by atoms with Gasteiger partial charge in [0.2, 0.25) is 0 Å². The number of methoxy groups -OCH3 is 2. The molecular weight excluding hydrogens is 474 g/mol. The van der Waals surface area contributed by atoms with Gasteiger partial charge in [-0.1, -0.05) is 32.5 Å². The minimum Gasteiger partial charge on any atom is -0.493 e. The summed E-state index contributed by atoms with van der Waals surface area (Å²) < 4.78 is 12.0. The molecule has 0 atom stereocenters. The lowest BCUT2D eigenvalue weighted by molar-refractivity contribution is -0.385. The van der Waals surface area contributed by atoms with Crippen molar-refractivity contribution in [2.75, 3.05) is 32.6 Å². The van der Waals surface area contributed by atoms with Crippen molar-refractivity contribution in [1.29, 1.82) is 0 Å². The molecule has 0 radical (unpaired) electrons. The van der Waals surface area contributed by atoms with Crippen molar-refractivity contribution in [3.05, 3.63) is 34.0 Å². The van der Waals surface area contributed by atoms with Crippen LogP contribution in [0.25, 0.3) is 11.0 Å². The zero-order chi connectivity index (χ0) is 25.5. The van der Waals surface area contributed by atoms with Crippen LogP contribution in [0.5, 0.6) is 11.5 Å². The van der Waals surface area contributed by atoms with E-state index in [0.717, 1.165) is 24.2 Å². The van der Waals surface area contributed by atoms with Gasteiger partial charge in [-0.25, -0.2) is 14.6 Å². The van der Waals surface area contributed by atoms with Gasteiger partial charge in [0.1, 0.15) is 11.4 Å². The van der Waals surface area contributed by atoms with E-state index in [1.807, 2.05) is 0 Å². The molecule has 1 aromatic carbocycles. The average molecular weight is 504 g/mol. The highest BCUT2D eigenvalue weighted by atomic mass is 32.2. The summed E-state index contributed by atoms with van der Waals surface area (Å²) in [5.74, 6) is 0.502. The van der Waals surface area contributed by atoms with E-state index in [1.54, 1.807) is 22.6 Å². The molecule has 0 unspecified atom stereocenters. The largest absolute Gasteiger partial charge is 0.493 e. The highest BCUT2D eigenvalue weighted by Crippen LogP contribution is 2.34. The molecule has 0 saturated heterocycles. The first-order valence-corrected chi connectivity index (χ1v) is 12.0. The van der Waals surface area contributed by atoms with E-state index in [9.17, 15) is 14.9 Å². The van der Waals surface area contributed by atoms with Crippen molar-refractivity contribution in [1.82, 2.24) is 25.1 Å². The number of anilines is 1. The average Bonchev–Trinajstić information content (AvgIpc) is 3.23. The van der Waals surface area contributed by atoms with Gasteiger partial charge in [0.05, 0.1) is 43.3 Å². The van der Waals surface area contributed by atoms with E-state index >= 15 is 0 Å². The fourth-order valence-electron chi connectivity index (χ4n) is 3.31. The van der Waals surface area contributed by atoms with E-state index in [0.29, 0.717) is 22.6 Å². The molecule has 3 aromatic rings. The number of ether oxygens (including phenoxy) is 2. The Morgan fingerprint density at radius 1 is 1.20 bits per heavy atom. The normalized spacial score (nSPS) is 11.0. The van der Waals surface area contributed by atoms with Crippen LogP contribution in [-0.4, -0.2) is 63.1 Å². The first-order chi connectivity index (χ1) is 16.8. The number of nitro groups is 1. The Hall–Kier alpha value is -3.61. The summed E-state index contributed by atoms with van der Waals surface area (Å²) in [6, 6.07) is 2.47. The van der Waals surface area contributed by atoms with Gasteiger partial charge in [0.25, 0.3) is 11.6 Å². The molecular formula is C22H29N7O5S. The Kier molecular flexibility index (Phi) is 8.68. The highest BCUT2D eigenvalue weighted by Gasteiger charge is 2.24. The maximum atomic E-state index is 12.8. The van der Waals surface area contributed by atoms with Crippen LogP contribution >= 0.6 is 11.8 Å². The molecule has 188 valence electrons. The van der Waals surface area contributed by atoms with Gasteiger partial charge in [-0.15, -0.1) is 0 Å². The zero-order valence-corrected chi connectivity index (χ0v) is 21.1. The third-order valence-electron chi connectivity index (χ3n) is 4.91. The summed E-state index contributed by atoms with van der Waals surface area (Å²) in [6.07, 6.45) is 2.64. The number of amides is 1. The first kappa shape index (κ1) is 26.0. The minimum atomic E-state index is -0.631. The number of hydrogen-bond acceptors (Lipinski definition) is 10. The summed E-state index contributed by atoms with van der Waals surface area (Å²) in [7, 11) is 2.76. The van der Waals surface area contributed by atoms with Crippen LogP contribution < -0.4 is 20.1 Å². The van der Waals surface area contributed by atoms with Crippen LogP contribution in [0.3, 0.4) is 0 Å². The molecule has 0 fully saturated rings. The van der Waals surface area contributed by atoms with E-state index in [-0.39, 0.29) is 29.3 Å². The third-order valence-corrected chi connectivity index (χ3v) is 5.78. The molecule has 2 aromatic heterocycles. The molecule has 2 N–H and O–H groups in total. The monoisotopic (exact) mass is 503 g/mol. The molecule has 0 aliphatic carbocycles. The lowest BCUT2D eigenvalue weighted by Crippen LogP contribution is -2.28. The van der Waals surface area contributed by atoms with Gasteiger partial charge in [-0.05, 0) is 6.42 Å². The Bertz CT molecular complexity index is 1210. The van der Waals surface area contributed by atoms with Crippen LogP contribution in [0.4, 0.5) is 11.5 Å². The number of nitrogens with zero attached hydrogens (tertiary/aromatic N) is 5. The number of hydrogen-bond donors (Lipinski definition) is 2. The third kappa shape index (κ3) is 6.10. The lowest BCUT2D eigenvalue weighted by Gasteiger charge is -2.12. The molecule has 2 heterocycles. The second-order valence-electron chi connectivity index (χ2n) is 7.79. The summed E-state index contributed by atoms with van der Waals surface area (Å²) >= 11 is 1.55. The van der Waals surface area contributed by atoms with Crippen LogP contribution in [0.1, 0.15) is 37.6 Å². The summed E-state index contributed by atoms with van der Waals surface area (Å²) in [5.41, 5.74) is 0.148. The van der Waals surface area contributed by atoms with Gasteiger partial charge in [-0.2, -0.15) is 5.10 Å². The molecule has 35 heavy (non-hydrogen) atoms. The number of nitrogens with one attached hydrogen (secondary N) is 2. The van der Waals surface area contributed by atoms with Gasteiger partial charge in [0.15, 0.2) is 22.3 Å². The first-order valence-electron chi connectivity index (χ1n) is 11.1. The fraction of sp³-hybridized carbons (Fsp3) is 0.455. The number of carbonyl (C=O) groups excluding carboxylic acids is 1. The second kappa shape index (κ2) is 11.7. The zero-order valence-electron chi connectivity index (χ0n) is 20.3. The summed E-state index contributed by atoms with van der Waals surface area (Å²) in [6.45, 7) is 7.46. The number of thioether (sulfide) groups is 1. The Morgan fingerprint density at radius 3 is 2.54 bits per heavy atom. The van der Waals surface area contributed by atoms with Gasteiger partial charge in [-0.3, -0.25) is 14.9 Å². The number of fused-ring (bicyclic) bond motifs is 1. The number of aromatic nitrogens is 4. The number of rotatable bonds is 12. The Labute approximate surface area is 206 Å². The van der Waals surface area contributed by atoms with Gasteiger partial charge in [0, 0.05) is 24.4 Å². The van der Waals surface area contributed by atoms with Crippen LogP contribution in [0, 0.1) is 10.1 Å². The smallest absolute Gasteiger partial charge is 0.286 e. The maximum absolute atomic E-state index is 12.8. The van der Waals surface area contributed by atoms with Crippen molar-refractivity contribution >= 4 is 40.2 Å². The standard InChI is InChI=1S/C22H29N7O5S/c1-6-7-23-19-15-12-25-28(20(15)27-22(26-19)35-13(2)3)9-8-24-21(30)14-10-17(33-4)18(34-5)11-16(14)29(31)32/h10-13H,6-9H2,1-5H3,(H,24,30)(H,23,26,27). The summed E-state index contributed by atoms with van der Waals surface area (Å²) in [4.78, 5) is 33.0. The topological polar surface area (TPSA) is 146 Å². The second-order valence-corrected chi connectivity index (χ2v) is 9.33. The molecule has 1 amide bonds. The van der Waals surface area contributed by atoms with Crippen LogP contribution in [0.15, 0.2) is 23.5 Å². The van der Waals surface area contributed by atoms with E-state index in [1.165, 1.54) is 26.4 Å². The van der Waals surface area contributed by atoms with Gasteiger partial charge < -0.3 is 20.1 Å². The van der Waals surface area contributed by atoms with Crippen molar-refractivity contribution < 1.29 is 19.2 Å². The molecule has 0 saturated carbocycles. The molecule has 3 rings (SSSR count). The molecule has 0 bridgehead atoms. The van der Waals surface area contributed by atoms with E-state index in [4.69, 9.17) is 9.47 Å². The van der Waals surface area contributed by atoms with Gasteiger partial charge >= 0.3 is 0 Å². The molecule has 0 aliphatic rings. The van der Waals surface area contributed by atoms with E-state index < -0.39 is 10.8 Å². The SMILES string of the molecule is CCCNc1nc(SC(C)C)nc2c1cnn2CCNC(=O)c1cc(OC)c(OC)cc1[N+](=O)[O-].